The average Bonchev–Trinajstić information content (AvgIpc) is 2.96. The number of rotatable bonds is 0. The predicted octanol–water partition coefficient (Wildman–Crippen LogP) is 2.83. The number of halogens is 1. The standard InChI is InChI=1S/C15H17ClN2O2/c1-14-6-2-3-12(14)15(8-19-13(17)18-15)10-7-9(16)4-5-11(10)20-14/h4-5,7,12H,2-3,6,8H2,1H3,(H2,17,18)/t12-,14+,15?/m1/s1. The summed E-state index contributed by atoms with van der Waals surface area (Å²) in [6.45, 7) is 2.66. The van der Waals surface area contributed by atoms with Crippen LogP contribution in [0.5, 0.6) is 5.75 Å². The number of fused-ring (bicyclic) bond motifs is 4. The molecule has 0 aromatic heterocycles. The van der Waals surface area contributed by atoms with Crippen LogP contribution in [0.1, 0.15) is 31.7 Å². The van der Waals surface area contributed by atoms with Gasteiger partial charge in [-0.3, -0.25) is 0 Å². The molecule has 0 amide bonds. The van der Waals surface area contributed by atoms with Crippen molar-refractivity contribution in [3.8, 4) is 5.75 Å². The molecule has 1 saturated carbocycles. The Morgan fingerprint density at radius 1 is 1.45 bits per heavy atom. The molecule has 0 saturated heterocycles. The molecule has 1 spiro atoms. The third-order valence-electron chi connectivity index (χ3n) is 4.98. The lowest BCUT2D eigenvalue weighted by molar-refractivity contribution is -0.0211. The van der Waals surface area contributed by atoms with E-state index in [1.165, 1.54) is 0 Å². The van der Waals surface area contributed by atoms with Gasteiger partial charge in [-0.1, -0.05) is 11.6 Å². The van der Waals surface area contributed by atoms with Crippen molar-refractivity contribution >= 4 is 17.6 Å². The maximum Gasteiger partial charge on any atom is 0.283 e. The third-order valence-corrected chi connectivity index (χ3v) is 5.22. The second-order valence-corrected chi connectivity index (χ2v) is 6.60. The Morgan fingerprint density at radius 2 is 2.30 bits per heavy atom. The molecule has 2 heterocycles. The van der Waals surface area contributed by atoms with E-state index in [0.29, 0.717) is 11.6 Å². The number of hydrogen-bond acceptors (Lipinski definition) is 4. The number of nitrogens with zero attached hydrogens (tertiary/aromatic N) is 1. The fraction of sp³-hybridized carbons (Fsp3) is 0.533. The number of nitrogens with two attached hydrogens (primary N) is 1. The lowest BCUT2D eigenvalue weighted by Crippen LogP contribution is -2.52. The van der Waals surface area contributed by atoms with E-state index >= 15 is 0 Å². The van der Waals surface area contributed by atoms with Crippen molar-refractivity contribution in [1.82, 2.24) is 0 Å². The van der Waals surface area contributed by atoms with Crippen LogP contribution < -0.4 is 10.5 Å². The first kappa shape index (κ1) is 12.3. The van der Waals surface area contributed by atoms with E-state index in [4.69, 9.17) is 26.8 Å². The summed E-state index contributed by atoms with van der Waals surface area (Å²) in [6, 6.07) is 6.01. The van der Waals surface area contributed by atoms with Gasteiger partial charge in [0.05, 0.1) is 0 Å². The summed E-state index contributed by atoms with van der Waals surface area (Å²) in [4.78, 5) is 4.68. The molecule has 5 heteroatoms. The molecule has 20 heavy (non-hydrogen) atoms. The minimum absolute atomic E-state index is 0.196. The van der Waals surface area contributed by atoms with Crippen molar-refractivity contribution < 1.29 is 9.47 Å². The van der Waals surface area contributed by atoms with Crippen LogP contribution in [0, 0.1) is 5.92 Å². The van der Waals surface area contributed by atoms with Crippen LogP contribution in [0.4, 0.5) is 0 Å². The molecular weight excluding hydrogens is 276 g/mol. The zero-order valence-corrected chi connectivity index (χ0v) is 12.1. The Hall–Kier alpha value is -1.42. The van der Waals surface area contributed by atoms with Crippen molar-refractivity contribution in [3.05, 3.63) is 28.8 Å². The lowest BCUT2D eigenvalue weighted by atomic mass is 9.70. The molecule has 1 aromatic rings. The van der Waals surface area contributed by atoms with Crippen LogP contribution in [0.15, 0.2) is 23.2 Å². The Kier molecular flexibility index (Phi) is 2.35. The van der Waals surface area contributed by atoms with Gasteiger partial charge in [0.15, 0.2) is 0 Å². The van der Waals surface area contributed by atoms with E-state index in [9.17, 15) is 0 Å². The Balaban J connectivity index is 1.97. The van der Waals surface area contributed by atoms with Gasteiger partial charge in [0, 0.05) is 16.5 Å². The van der Waals surface area contributed by atoms with Crippen molar-refractivity contribution in [2.45, 2.75) is 37.3 Å². The van der Waals surface area contributed by atoms with E-state index in [1.54, 1.807) is 0 Å². The van der Waals surface area contributed by atoms with Crippen molar-refractivity contribution in [2.24, 2.45) is 16.6 Å². The van der Waals surface area contributed by atoms with Crippen LogP contribution in [0.2, 0.25) is 5.02 Å². The van der Waals surface area contributed by atoms with E-state index in [1.807, 2.05) is 18.2 Å². The van der Waals surface area contributed by atoms with Gasteiger partial charge >= 0.3 is 0 Å². The highest BCUT2D eigenvalue weighted by atomic mass is 35.5. The predicted molar refractivity (Wildman–Crippen MR) is 77.1 cm³/mol. The van der Waals surface area contributed by atoms with Crippen molar-refractivity contribution in [3.63, 3.8) is 0 Å². The van der Waals surface area contributed by atoms with Crippen molar-refractivity contribution in [1.29, 1.82) is 0 Å². The van der Waals surface area contributed by atoms with E-state index in [-0.39, 0.29) is 17.5 Å². The summed E-state index contributed by atoms with van der Waals surface area (Å²) >= 11 is 6.18. The maximum absolute atomic E-state index is 6.30. The smallest absolute Gasteiger partial charge is 0.283 e. The number of amidine groups is 1. The maximum atomic E-state index is 6.30. The van der Waals surface area contributed by atoms with Gasteiger partial charge in [-0.05, 0) is 44.4 Å². The molecular formula is C15H17ClN2O2. The first-order valence-corrected chi connectivity index (χ1v) is 7.38. The number of aliphatic imine (C=N–C) groups is 1. The fourth-order valence-electron chi connectivity index (χ4n) is 4.13. The van der Waals surface area contributed by atoms with Crippen LogP contribution >= 0.6 is 11.6 Å². The summed E-state index contributed by atoms with van der Waals surface area (Å²) in [6.07, 6.45) is 3.25. The molecule has 0 bridgehead atoms. The lowest BCUT2D eigenvalue weighted by Gasteiger charge is -2.46. The van der Waals surface area contributed by atoms with E-state index in [2.05, 4.69) is 11.9 Å². The summed E-state index contributed by atoms with van der Waals surface area (Å²) in [5.41, 5.74) is 6.19. The van der Waals surface area contributed by atoms with Gasteiger partial charge < -0.3 is 15.2 Å². The largest absolute Gasteiger partial charge is 0.487 e. The van der Waals surface area contributed by atoms with Crippen LogP contribution in [-0.2, 0) is 10.3 Å². The number of ether oxygens (including phenoxy) is 2. The molecule has 2 aliphatic heterocycles. The Labute approximate surface area is 122 Å². The molecule has 0 radical (unpaired) electrons. The summed E-state index contributed by atoms with van der Waals surface area (Å²) in [7, 11) is 0. The summed E-state index contributed by atoms with van der Waals surface area (Å²) in [5.74, 6) is 1.14. The minimum atomic E-state index is -0.437. The summed E-state index contributed by atoms with van der Waals surface area (Å²) in [5, 5.41) is 0.689. The van der Waals surface area contributed by atoms with Crippen LogP contribution in [0.3, 0.4) is 0 Å². The van der Waals surface area contributed by atoms with Gasteiger partial charge in [-0.2, -0.15) is 0 Å². The molecule has 1 aliphatic carbocycles. The molecule has 1 fully saturated rings. The molecule has 1 aromatic carbocycles. The van der Waals surface area contributed by atoms with Crippen molar-refractivity contribution in [2.75, 3.05) is 6.61 Å². The molecule has 4 nitrogen and oxygen atoms in total. The van der Waals surface area contributed by atoms with Gasteiger partial charge in [-0.25, -0.2) is 4.99 Å². The first-order chi connectivity index (χ1) is 9.53. The normalized spacial score (nSPS) is 37.9. The van der Waals surface area contributed by atoms with E-state index in [0.717, 1.165) is 30.6 Å². The topological polar surface area (TPSA) is 56.8 Å². The summed E-state index contributed by atoms with van der Waals surface area (Å²) < 4.78 is 11.8. The van der Waals surface area contributed by atoms with Gasteiger partial charge in [0.1, 0.15) is 23.5 Å². The minimum Gasteiger partial charge on any atom is -0.487 e. The second-order valence-electron chi connectivity index (χ2n) is 6.16. The quantitative estimate of drug-likeness (QED) is 0.800. The fourth-order valence-corrected chi connectivity index (χ4v) is 4.30. The van der Waals surface area contributed by atoms with Crippen LogP contribution in [-0.4, -0.2) is 18.2 Å². The zero-order chi connectivity index (χ0) is 14.0. The Morgan fingerprint density at radius 3 is 3.05 bits per heavy atom. The highest BCUT2D eigenvalue weighted by molar-refractivity contribution is 6.30. The Bertz CT molecular complexity index is 618. The number of hydrogen-bond donors (Lipinski definition) is 1. The molecule has 2 N–H and O–H groups in total. The van der Waals surface area contributed by atoms with Gasteiger partial charge in [-0.15, -0.1) is 0 Å². The second kappa shape index (κ2) is 3.82. The average molecular weight is 293 g/mol. The monoisotopic (exact) mass is 292 g/mol. The highest BCUT2D eigenvalue weighted by Crippen LogP contribution is 2.57. The van der Waals surface area contributed by atoms with Gasteiger partial charge in [0.25, 0.3) is 6.02 Å². The van der Waals surface area contributed by atoms with Gasteiger partial charge in [0.2, 0.25) is 0 Å². The first-order valence-electron chi connectivity index (χ1n) is 7.01. The molecule has 1 unspecified atom stereocenters. The molecule has 3 aliphatic rings. The molecule has 4 rings (SSSR count). The van der Waals surface area contributed by atoms with E-state index < -0.39 is 5.54 Å². The SMILES string of the molecule is C[C@]12CCC[C@H]1C1(COC(N)=N1)c1cc(Cl)ccc1O2. The number of benzene rings is 1. The zero-order valence-electron chi connectivity index (χ0n) is 11.4. The highest BCUT2D eigenvalue weighted by Gasteiger charge is 2.60. The molecule has 3 atom stereocenters. The molecule has 106 valence electrons. The van der Waals surface area contributed by atoms with Crippen LogP contribution in [0.25, 0.3) is 0 Å². The third kappa shape index (κ3) is 1.46.